The summed E-state index contributed by atoms with van der Waals surface area (Å²) in [4.78, 5) is 12.9. The molecule has 8 nitrogen and oxygen atoms in total. The van der Waals surface area contributed by atoms with E-state index in [1.54, 1.807) is 12.4 Å². The van der Waals surface area contributed by atoms with Gasteiger partial charge < -0.3 is 16.2 Å². The topological polar surface area (TPSA) is 126 Å². The number of nitrogen functional groups attached to an aromatic ring is 1. The minimum atomic E-state index is -0.238. The lowest BCUT2D eigenvalue weighted by atomic mass is 9.76. The molecule has 1 aliphatic rings. The Morgan fingerprint density at radius 2 is 2.17 bits per heavy atom. The summed E-state index contributed by atoms with van der Waals surface area (Å²) in [5.41, 5.74) is 7.28. The van der Waals surface area contributed by atoms with E-state index < -0.39 is 0 Å². The van der Waals surface area contributed by atoms with E-state index in [9.17, 15) is 5.11 Å². The molecule has 3 aromatic rings. The monoisotopic (exact) mass is 311 g/mol. The first kappa shape index (κ1) is 13.9. The number of fused-ring (bicyclic) bond motifs is 1. The first-order valence-electron chi connectivity index (χ1n) is 7.53. The Morgan fingerprint density at radius 1 is 1.30 bits per heavy atom. The molecule has 1 atom stereocenters. The van der Waals surface area contributed by atoms with Crippen molar-refractivity contribution in [1.82, 2.24) is 25.1 Å². The SMILES string of the molecule is Nc1nc(N[C@H](c2ccccn2)C2CC(O)C2)c2cn[nH]c2n1. The minimum Gasteiger partial charge on any atom is -0.393 e. The Morgan fingerprint density at radius 3 is 2.91 bits per heavy atom. The van der Waals surface area contributed by atoms with Crippen molar-refractivity contribution >= 4 is 22.8 Å². The van der Waals surface area contributed by atoms with Crippen molar-refractivity contribution in [2.45, 2.75) is 25.0 Å². The molecule has 1 aliphatic carbocycles. The van der Waals surface area contributed by atoms with Gasteiger partial charge in [-0.3, -0.25) is 10.1 Å². The molecule has 1 saturated carbocycles. The summed E-state index contributed by atoms with van der Waals surface area (Å²) in [5, 5.41) is 20.7. The van der Waals surface area contributed by atoms with Crippen LogP contribution in [0.4, 0.5) is 11.8 Å². The number of hydrogen-bond donors (Lipinski definition) is 4. The van der Waals surface area contributed by atoms with Gasteiger partial charge in [-0.1, -0.05) is 6.07 Å². The molecule has 4 rings (SSSR count). The fraction of sp³-hybridized carbons (Fsp3) is 0.333. The molecule has 3 aromatic heterocycles. The van der Waals surface area contributed by atoms with Gasteiger partial charge in [0.2, 0.25) is 5.95 Å². The standard InChI is InChI=1S/C15H17N7O/c16-15-20-13(10-7-18-22-14(10)21-15)19-12(8-5-9(23)6-8)11-3-1-2-4-17-11/h1-4,7-9,12,23H,5-6H2,(H4,16,18,19,20,21,22)/t8?,9?,12-/m0/s1. The average Bonchev–Trinajstić information content (AvgIpc) is 2.99. The Labute approximate surface area is 132 Å². The van der Waals surface area contributed by atoms with Crippen LogP contribution < -0.4 is 11.1 Å². The van der Waals surface area contributed by atoms with Gasteiger partial charge in [-0.2, -0.15) is 15.1 Å². The maximum Gasteiger partial charge on any atom is 0.224 e. The largest absolute Gasteiger partial charge is 0.393 e. The van der Waals surface area contributed by atoms with Crippen LogP contribution in [0.3, 0.4) is 0 Å². The molecule has 0 bridgehead atoms. The Bertz CT molecular complexity index is 813. The average molecular weight is 311 g/mol. The van der Waals surface area contributed by atoms with E-state index in [0.717, 1.165) is 23.9 Å². The van der Waals surface area contributed by atoms with E-state index in [1.165, 1.54) is 0 Å². The van der Waals surface area contributed by atoms with E-state index in [0.29, 0.717) is 11.5 Å². The van der Waals surface area contributed by atoms with E-state index >= 15 is 0 Å². The van der Waals surface area contributed by atoms with Crippen LogP contribution >= 0.6 is 0 Å². The summed E-state index contributed by atoms with van der Waals surface area (Å²) < 4.78 is 0. The van der Waals surface area contributed by atoms with Gasteiger partial charge in [-0.15, -0.1) is 0 Å². The molecular formula is C15H17N7O. The van der Waals surface area contributed by atoms with Crippen LogP contribution in [0.5, 0.6) is 0 Å². The first-order chi connectivity index (χ1) is 11.2. The highest BCUT2D eigenvalue weighted by atomic mass is 16.3. The molecule has 5 N–H and O–H groups in total. The number of nitrogens with one attached hydrogen (secondary N) is 2. The second-order valence-corrected chi connectivity index (χ2v) is 5.82. The van der Waals surface area contributed by atoms with E-state index in [4.69, 9.17) is 5.73 Å². The summed E-state index contributed by atoms with van der Waals surface area (Å²) >= 11 is 0. The fourth-order valence-corrected chi connectivity index (χ4v) is 3.00. The van der Waals surface area contributed by atoms with Crippen molar-refractivity contribution in [2.75, 3.05) is 11.1 Å². The van der Waals surface area contributed by atoms with Crippen LogP contribution in [-0.2, 0) is 0 Å². The highest BCUT2D eigenvalue weighted by Crippen LogP contribution is 2.39. The van der Waals surface area contributed by atoms with Crippen molar-refractivity contribution < 1.29 is 5.11 Å². The number of nitrogens with zero attached hydrogens (tertiary/aromatic N) is 4. The maximum absolute atomic E-state index is 9.65. The lowest BCUT2D eigenvalue weighted by molar-refractivity contribution is 0.0334. The lowest BCUT2D eigenvalue weighted by Crippen LogP contribution is -2.36. The number of H-pyrrole nitrogens is 1. The van der Waals surface area contributed by atoms with Crippen LogP contribution in [0.15, 0.2) is 30.6 Å². The van der Waals surface area contributed by atoms with Gasteiger partial charge in [0.25, 0.3) is 0 Å². The number of nitrogens with two attached hydrogens (primary N) is 1. The van der Waals surface area contributed by atoms with E-state index in [1.807, 2.05) is 18.2 Å². The summed E-state index contributed by atoms with van der Waals surface area (Å²) in [6.07, 6.45) is 4.67. The van der Waals surface area contributed by atoms with Gasteiger partial charge in [0.05, 0.1) is 29.4 Å². The molecule has 0 amide bonds. The number of hydrogen-bond acceptors (Lipinski definition) is 7. The molecular weight excluding hydrogens is 294 g/mol. The summed E-state index contributed by atoms with van der Waals surface area (Å²) in [5.74, 6) is 1.09. The first-order valence-corrected chi connectivity index (χ1v) is 7.53. The molecule has 8 heteroatoms. The molecule has 0 aromatic carbocycles. The van der Waals surface area contributed by atoms with Gasteiger partial charge in [0, 0.05) is 6.20 Å². The van der Waals surface area contributed by atoms with Gasteiger partial charge in [-0.05, 0) is 30.9 Å². The van der Waals surface area contributed by atoms with Gasteiger partial charge in [-0.25, -0.2) is 0 Å². The fourth-order valence-electron chi connectivity index (χ4n) is 3.00. The van der Waals surface area contributed by atoms with Crippen molar-refractivity contribution in [1.29, 1.82) is 0 Å². The predicted octanol–water partition coefficient (Wildman–Crippen LogP) is 1.25. The minimum absolute atomic E-state index is 0.0491. The number of anilines is 2. The number of rotatable bonds is 4. The maximum atomic E-state index is 9.65. The molecule has 118 valence electrons. The molecule has 0 unspecified atom stereocenters. The number of aromatic amines is 1. The highest BCUT2D eigenvalue weighted by molar-refractivity contribution is 5.86. The molecule has 0 saturated heterocycles. The van der Waals surface area contributed by atoms with Crippen molar-refractivity contribution in [3.63, 3.8) is 0 Å². The summed E-state index contributed by atoms with van der Waals surface area (Å²) in [7, 11) is 0. The smallest absolute Gasteiger partial charge is 0.224 e. The van der Waals surface area contributed by atoms with Crippen molar-refractivity contribution in [3.05, 3.63) is 36.3 Å². The van der Waals surface area contributed by atoms with Crippen molar-refractivity contribution in [2.24, 2.45) is 5.92 Å². The molecule has 0 radical (unpaired) electrons. The van der Waals surface area contributed by atoms with Crippen LogP contribution in [0.2, 0.25) is 0 Å². The Kier molecular flexibility index (Phi) is 3.30. The molecule has 0 spiro atoms. The molecule has 1 fully saturated rings. The second-order valence-electron chi connectivity index (χ2n) is 5.82. The van der Waals surface area contributed by atoms with E-state index in [2.05, 4.69) is 30.5 Å². The number of pyridine rings is 1. The summed E-state index contributed by atoms with van der Waals surface area (Å²) in [6.45, 7) is 0. The predicted molar refractivity (Wildman–Crippen MR) is 85.4 cm³/mol. The third-order valence-electron chi connectivity index (χ3n) is 4.25. The quantitative estimate of drug-likeness (QED) is 0.571. The lowest BCUT2D eigenvalue weighted by Gasteiger charge is -2.38. The zero-order valence-electron chi connectivity index (χ0n) is 12.3. The van der Waals surface area contributed by atoms with Crippen LogP contribution in [-0.4, -0.2) is 36.4 Å². The third kappa shape index (κ3) is 2.57. The Hall–Kier alpha value is -2.74. The number of aliphatic hydroxyl groups is 1. The van der Waals surface area contributed by atoms with Crippen LogP contribution in [0.1, 0.15) is 24.6 Å². The third-order valence-corrected chi connectivity index (χ3v) is 4.25. The second kappa shape index (κ2) is 5.47. The van der Waals surface area contributed by atoms with Gasteiger partial charge in [0.15, 0.2) is 5.65 Å². The molecule has 0 aliphatic heterocycles. The van der Waals surface area contributed by atoms with E-state index in [-0.39, 0.29) is 24.0 Å². The van der Waals surface area contributed by atoms with Crippen LogP contribution in [0, 0.1) is 5.92 Å². The normalized spacial score (nSPS) is 21.8. The molecule has 3 heterocycles. The van der Waals surface area contributed by atoms with Crippen LogP contribution in [0.25, 0.3) is 11.0 Å². The highest BCUT2D eigenvalue weighted by Gasteiger charge is 2.36. The number of aliphatic hydroxyl groups excluding tert-OH is 1. The Balaban J connectivity index is 1.71. The summed E-state index contributed by atoms with van der Waals surface area (Å²) in [6, 6.07) is 5.76. The van der Waals surface area contributed by atoms with Gasteiger partial charge in [0.1, 0.15) is 5.82 Å². The zero-order chi connectivity index (χ0) is 15.8. The zero-order valence-corrected chi connectivity index (χ0v) is 12.3. The van der Waals surface area contributed by atoms with Crippen molar-refractivity contribution in [3.8, 4) is 0 Å². The number of aromatic nitrogens is 5. The van der Waals surface area contributed by atoms with Gasteiger partial charge >= 0.3 is 0 Å². The molecule has 23 heavy (non-hydrogen) atoms.